The zero-order valence-electron chi connectivity index (χ0n) is 33.2. The van der Waals surface area contributed by atoms with Crippen LogP contribution in [0, 0.1) is 0 Å². The molecule has 0 N–H and O–H groups in total. The van der Waals surface area contributed by atoms with Crippen molar-refractivity contribution in [2.45, 2.75) is 233 Å². The maximum atomic E-state index is 11.6. The van der Waals surface area contributed by atoms with Crippen LogP contribution in [0.1, 0.15) is 233 Å². The van der Waals surface area contributed by atoms with E-state index in [0.717, 1.165) is 25.7 Å². The third kappa shape index (κ3) is 53.3. The molecule has 0 saturated carbocycles. The van der Waals surface area contributed by atoms with Crippen LogP contribution < -0.4 is 0 Å². The van der Waals surface area contributed by atoms with Crippen LogP contribution in [0.4, 0.5) is 0 Å². The van der Waals surface area contributed by atoms with Gasteiger partial charge in [0.05, 0.1) is 26.4 Å². The number of hydrogen-bond donors (Lipinski definition) is 0. The Labute approximate surface area is 319 Å². The van der Waals surface area contributed by atoms with Crippen molar-refractivity contribution in [3.8, 4) is 0 Å². The minimum Gasteiger partial charge on any atom is -0.311 e. The summed E-state index contributed by atoms with van der Waals surface area (Å²) >= 11 is 0. The van der Waals surface area contributed by atoms with E-state index in [1.54, 1.807) is 0 Å². The molecule has 0 aliphatic rings. The molecule has 0 rings (SSSR count). The molecule has 0 bridgehead atoms. The van der Waals surface area contributed by atoms with Crippen molar-refractivity contribution in [3.63, 3.8) is 0 Å². The summed E-state index contributed by atoms with van der Waals surface area (Å²) in [5.74, 6) is 0. The third-order valence-electron chi connectivity index (χ3n) is 8.87. The standard InChI is InChI=1S/2C20H43O3P.Co/c2*1-3-5-7-9-11-13-15-17-19-22-24(21)23-20-18-16-14-12-10-8-6-4-2;/h2*24H,3-20H2,1-2H3;. The van der Waals surface area contributed by atoms with Gasteiger partial charge < -0.3 is 18.1 Å². The summed E-state index contributed by atoms with van der Waals surface area (Å²) in [7, 11) is -4.50. The summed E-state index contributed by atoms with van der Waals surface area (Å²) < 4.78 is 44.3. The Morgan fingerprint density at radius 1 is 0.265 bits per heavy atom. The molecule has 0 spiro atoms. The van der Waals surface area contributed by atoms with Gasteiger partial charge in [-0.15, -0.1) is 0 Å². The molecule has 9 heteroatoms. The molecule has 0 aliphatic carbocycles. The topological polar surface area (TPSA) is 71.1 Å². The second-order valence-electron chi connectivity index (χ2n) is 13.8. The molecule has 0 aromatic rings. The molecule has 301 valence electrons. The fourth-order valence-electron chi connectivity index (χ4n) is 5.65. The summed E-state index contributed by atoms with van der Waals surface area (Å²) in [4.78, 5) is 0. The van der Waals surface area contributed by atoms with Crippen LogP contribution in [0.25, 0.3) is 0 Å². The maximum absolute atomic E-state index is 11.6. The van der Waals surface area contributed by atoms with E-state index < -0.39 is 16.5 Å². The van der Waals surface area contributed by atoms with Gasteiger partial charge in [-0.2, -0.15) is 0 Å². The third-order valence-corrected chi connectivity index (χ3v) is 10.6. The zero-order valence-corrected chi connectivity index (χ0v) is 36.3. The van der Waals surface area contributed by atoms with Gasteiger partial charge in [0.2, 0.25) is 0 Å². The Morgan fingerprint density at radius 2 is 0.408 bits per heavy atom. The van der Waals surface area contributed by atoms with E-state index in [9.17, 15) is 9.13 Å². The maximum Gasteiger partial charge on any atom is 0.319 e. The Balaban J connectivity index is -0.000000846. The monoisotopic (exact) mass is 784 g/mol. The molecule has 0 aromatic heterocycles. The van der Waals surface area contributed by atoms with E-state index in [1.165, 1.54) is 180 Å². The van der Waals surface area contributed by atoms with Crippen LogP contribution in [-0.2, 0) is 44.0 Å². The molecule has 0 aromatic carbocycles. The molecule has 6 nitrogen and oxygen atoms in total. The van der Waals surface area contributed by atoms with E-state index in [0.29, 0.717) is 26.4 Å². The van der Waals surface area contributed by atoms with E-state index in [4.69, 9.17) is 18.1 Å². The minimum absolute atomic E-state index is 0. The fraction of sp³-hybridized carbons (Fsp3) is 1.00. The smallest absolute Gasteiger partial charge is 0.311 e. The van der Waals surface area contributed by atoms with Gasteiger partial charge in [0.15, 0.2) is 0 Å². The number of hydrogen-bond acceptors (Lipinski definition) is 6. The number of unbranched alkanes of at least 4 members (excludes halogenated alkanes) is 28. The van der Waals surface area contributed by atoms with Crippen molar-refractivity contribution < 1.29 is 44.0 Å². The van der Waals surface area contributed by atoms with E-state index >= 15 is 0 Å². The van der Waals surface area contributed by atoms with Crippen molar-refractivity contribution >= 4 is 16.5 Å². The van der Waals surface area contributed by atoms with Crippen molar-refractivity contribution in [3.05, 3.63) is 0 Å². The second kappa shape index (κ2) is 50.9. The normalized spacial score (nSPS) is 11.2. The molecule has 0 atom stereocenters. The molecule has 0 saturated heterocycles. The zero-order chi connectivity index (χ0) is 35.4. The summed E-state index contributed by atoms with van der Waals surface area (Å²) in [6, 6.07) is 0. The quantitative estimate of drug-likeness (QED) is 0.0455. The SMILES string of the molecule is CCCCCCCCCCO[PH](=O)OCCCCCCCCCC.CCCCCCCCCCO[PH](=O)OCCCCCCCCCC.[Co]. The molecular formula is C40H86CoO6P2. The molecule has 0 unspecified atom stereocenters. The first-order valence-corrected chi connectivity index (χ1v) is 23.7. The number of rotatable bonds is 40. The first-order chi connectivity index (χ1) is 23.6. The minimum atomic E-state index is -2.25. The van der Waals surface area contributed by atoms with Crippen LogP contribution in [-0.4, -0.2) is 26.4 Å². The van der Waals surface area contributed by atoms with Crippen LogP contribution in [0.5, 0.6) is 0 Å². The summed E-state index contributed by atoms with van der Waals surface area (Å²) in [5, 5.41) is 0. The van der Waals surface area contributed by atoms with E-state index in [-0.39, 0.29) is 16.8 Å². The van der Waals surface area contributed by atoms with Crippen molar-refractivity contribution in [1.29, 1.82) is 0 Å². The van der Waals surface area contributed by atoms with Crippen LogP contribution in [0.2, 0.25) is 0 Å². The van der Waals surface area contributed by atoms with Gasteiger partial charge >= 0.3 is 16.5 Å². The van der Waals surface area contributed by atoms with Gasteiger partial charge in [-0.05, 0) is 25.7 Å². The largest absolute Gasteiger partial charge is 0.319 e. The molecular weight excluding hydrogens is 697 g/mol. The predicted molar refractivity (Wildman–Crippen MR) is 212 cm³/mol. The Bertz CT molecular complexity index is 530. The van der Waals surface area contributed by atoms with E-state index in [2.05, 4.69) is 27.7 Å². The first-order valence-electron chi connectivity index (χ1n) is 21.2. The average molecular weight is 784 g/mol. The average Bonchev–Trinajstić information content (AvgIpc) is 3.09. The van der Waals surface area contributed by atoms with Crippen LogP contribution >= 0.6 is 16.5 Å². The van der Waals surface area contributed by atoms with Crippen LogP contribution in [0.15, 0.2) is 0 Å². The molecule has 0 aliphatic heterocycles. The van der Waals surface area contributed by atoms with Crippen molar-refractivity contribution in [2.75, 3.05) is 26.4 Å². The molecule has 49 heavy (non-hydrogen) atoms. The molecule has 0 heterocycles. The van der Waals surface area contributed by atoms with Gasteiger partial charge in [-0.25, -0.2) is 0 Å². The van der Waals surface area contributed by atoms with Gasteiger partial charge in [0, 0.05) is 16.8 Å². The van der Waals surface area contributed by atoms with Gasteiger partial charge in [-0.3, -0.25) is 9.13 Å². The molecule has 1 radical (unpaired) electrons. The van der Waals surface area contributed by atoms with Crippen molar-refractivity contribution in [2.24, 2.45) is 0 Å². The van der Waals surface area contributed by atoms with Gasteiger partial charge in [0.1, 0.15) is 0 Å². The molecule has 0 amide bonds. The van der Waals surface area contributed by atoms with E-state index in [1.807, 2.05) is 0 Å². The Kier molecular flexibility index (Phi) is 56.3. The summed E-state index contributed by atoms with van der Waals surface area (Å²) in [5.41, 5.74) is 0. The van der Waals surface area contributed by atoms with Gasteiger partial charge in [0.25, 0.3) is 0 Å². The van der Waals surface area contributed by atoms with Gasteiger partial charge in [-0.1, -0.05) is 207 Å². The Hall–Kier alpha value is 0.806. The fourth-order valence-corrected chi connectivity index (χ4v) is 7.06. The predicted octanol–water partition coefficient (Wildman–Crippen LogP) is 15.4. The summed E-state index contributed by atoms with van der Waals surface area (Å²) in [6.45, 7) is 11.3. The van der Waals surface area contributed by atoms with Crippen LogP contribution in [0.3, 0.4) is 0 Å². The first kappa shape index (κ1) is 54.2. The second-order valence-corrected chi connectivity index (χ2v) is 15.9. The van der Waals surface area contributed by atoms with Crippen molar-refractivity contribution in [1.82, 2.24) is 0 Å². The molecule has 0 fully saturated rings. The summed E-state index contributed by atoms with van der Waals surface area (Å²) in [6.07, 6.45) is 40.7. The Morgan fingerprint density at radius 3 is 0.571 bits per heavy atom.